The summed E-state index contributed by atoms with van der Waals surface area (Å²) in [6.07, 6.45) is 2.28. The van der Waals surface area contributed by atoms with E-state index in [0.717, 1.165) is 23.2 Å². The Kier molecular flexibility index (Phi) is 9.42. The fraction of sp³-hybridized carbons (Fsp3) is 0.258. The summed E-state index contributed by atoms with van der Waals surface area (Å²) in [5.41, 5.74) is 4.37. The molecule has 10 heteroatoms. The Labute approximate surface area is 243 Å². The lowest BCUT2D eigenvalue weighted by Crippen LogP contribution is -2.31. The number of dihydropyridines is 1. The van der Waals surface area contributed by atoms with Gasteiger partial charge in [0.05, 0.1) is 60.1 Å². The number of methoxy groups -OCH3 is 2. The monoisotopic (exact) mass is 572 g/mol. The van der Waals surface area contributed by atoms with E-state index >= 15 is 0 Å². The molecule has 0 saturated carbocycles. The van der Waals surface area contributed by atoms with Crippen molar-refractivity contribution >= 4 is 35.0 Å². The largest absolute Gasteiger partial charge is 0.497 e. The zero-order chi connectivity index (χ0) is 29.5. The first-order chi connectivity index (χ1) is 19.8. The van der Waals surface area contributed by atoms with E-state index in [9.17, 15) is 14.9 Å². The number of hydrogen-bond acceptors (Lipinski definition) is 8. The first-order valence-corrected chi connectivity index (χ1v) is 14.0. The Bertz CT molecular complexity index is 1550. The second-order valence-corrected chi connectivity index (χ2v) is 10.3. The van der Waals surface area contributed by atoms with Crippen LogP contribution in [-0.2, 0) is 16.0 Å². The quantitative estimate of drug-likeness (QED) is 0.275. The van der Waals surface area contributed by atoms with Crippen molar-refractivity contribution in [1.29, 1.82) is 5.26 Å². The zero-order valence-electron chi connectivity index (χ0n) is 23.6. The molecule has 9 nitrogen and oxygen atoms in total. The Hall–Kier alpha value is -4.62. The Morgan fingerprint density at radius 3 is 2.56 bits per heavy atom. The number of nitrogens with zero attached hydrogens (tertiary/aromatic N) is 1. The number of anilines is 2. The van der Waals surface area contributed by atoms with Crippen LogP contribution in [0.25, 0.3) is 0 Å². The van der Waals surface area contributed by atoms with E-state index in [1.807, 2.05) is 32.0 Å². The molecule has 1 aliphatic heterocycles. The van der Waals surface area contributed by atoms with Crippen molar-refractivity contribution in [2.24, 2.45) is 0 Å². The van der Waals surface area contributed by atoms with Crippen molar-refractivity contribution in [2.45, 2.75) is 33.1 Å². The first-order valence-electron chi connectivity index (χ1n) is 13.0. The van der Waals surface area contributed by atoms with Crippen LogP contribution in [0.5, 0.6) is 11.5 Å². The number of carbonyl (C=O) groups is 2. The molecule has 3 N–H and O–H groups in total. The van der Waals surface area contributed by atoms with Gasteiger partial charge in [-0.1, -0.05) is 36.9 Å². The lowest BCUT2D eigenvalue weighted by atomic mass is 9.85. The second-order valence-electron chi connectivity index (χ2n) is 9.29. The van der Waals surface area contributed by atoms with Gasteiger partial charge in [0.15, 0.2) is 0 Å². The van der Waals surface area contributed by atoms with Gasteiger partial charge in [0.1, 0.15) is 17.3 Å². The lowest BCUT2D eigenvalue weighted by Gasteiger charge is -2.28. The average Bonchev–Trinajstić information content (AvgIpc) is 3.51. The molecule has 0 bridgehead atoms. The third-order valence-electron chi connectivity index (χ3n) is 6.73. The van der Waals surface area contributed by atoms with E-state index in [2.05, 4.69) is 22.0 Å². The molecule has 0 fully saturated rings. The topological polar surface area (TPSA) is 126 Å². The van der Waals surface area contributed by atoms with Crippen LogP contribution in [0, 0.1) is 18.3 Å². The highest BCUT2D eigenvalue weighted by Gasteiger charge is 2.37. The molecule has 2 aromatic carbocycles. The van der Waals surface area contributed by atoms with Crippen LogP contribution in [0.2, 0.25) is 0 Å². The summed E-state index contributed by atoms with van der Waals surface area (Å²) in [6.45, 7) is 5.75. The molecule has 0 saturated heterocycles. The summed E-state index contributed by atoms with van der Waals surface area (Å²) in [6, 6.07) is 16.7. The number of para-hydroxylation sites is 1. The fourth-order valence-electron chi connectivity index (χ4n) is 4.68. The number of hydrogen-bond donors (Lipinski definition) is 3. The maximum Gasteiger partial charge on any atom is 0.254 e. The number of allylic oxidation sites excluding steroid dienone is 2. The highest BCUT2D eigenvalue weighted by Crippen LogP contribution is 2.41. The molecule has 4 rings (SSSR count). The van der Waals surface area contributed by atoms with Crippen LogP contribution >= 0.6 is 11.8 Å². The molecular weight excluding hydrogens is 540 g/mol. The molecule has 2 heterocycles. The Balaban J connectivity index is 1.61. The fourth-order valence-corrected chi connectivity index (χ4v) is 5.58. The van der Waals surface area contributed by atoms with Crippen LogP contribution in [0.3, 0.4) is 0 Å². The van der Waals surface area contributed by atoms with Gasteiger partial charge in [0.25, 0.3) is 5.91 Å². The van der Waals surface area contributed by atoms with Crippen molar-refractivity contribution < 1.29 is 23.5 Å². The average molecular weight is 573 g/mol. The Morgan fingerprint density at radius 1 is 1.10 bits per heavy atom. The van der Waals surface area contributed by atoms with Crippen LogP contribution < -0.4 is 25.4 Å². The van der Waals surface area contributed by atoms with Gasteiger partial charge in [-0.3, -0.25) is 9.59 Å². The number of amides is 2. The predicted octanol–water partition coefficient (Wildman–Crippen LogP) is 5.87. The van der Waals surface area contributed by atoms with Gasteiger partial charge in [-0.05, 0) is 55.7 Å². The zero-order valence-corrected chi connectivity index (χ0v) is 24.4. The number of furan rings is 1. The highest BCUT2D eigenvalue weighted by atomic mass is 32.2. The van der Waals surface area contributed by atoms with E-state index < -0.39 is 11.8 Å². The number of rotatable bonds is 10. The molecule has 0 unspecified atom stereocenters. The smallest absolute Gasteiger partial charge is 0.254 e. The molecule has 0 aliphatic carbocycles. The molecule has 41 heavy (non-hydrogen) atoms. The van der Waals surface area contributed by atoms with Gasteiger partial charge in [-0.15, -0.1) is 0 Å². The molecule has 212 valence electrons. The number of thioether (sulfide) groups is 1. The number of ether oxygens (including phenoxy) is 2. The van der Waals surface area contributed by atoms with Gasteiger partial charge in [0.2, 0.25) is 5.91 Å². The number of aryl methyl sites for hydroxylation is 2. The van der Waals surface area contributed by atoms with E-state index in [1.54, 1.807) is 37.3 Å². The van der Waals surface area contributed by atoms with E-state index in [1.165, 1.54) is 32.2 Å². The van der Waals surface area contributed by atoms with Gasteiger partial charge in [0, 0.05) is 17.5 Å². The SMILES string of the molecule is CCc1cccc(C)c1NC(=O)CSC1=C(C#N)[C@@H](c2ccco2)C(C(=O)Nc2cc(OC)ccc2OC)=C(C)N1. The summed E-state index contributed by atoms with van der Waals surface area (Å²) >= 11 is 1.20. The van der Waals surface area contributed by atoms with Crippen LogP contribution in [0.1, 0.15) is 36.7 Å². The molecule has 0 spiro atoms. The van der Waals surface area contributed by atoms with Crippen LogP contribution in [0.15, 0.2) is 81.1 Å². The minimum Gasteiger partial charge on any atom is -0.497 e. The maximum absolute atomic E-state index is 13.7. The first kappa shape index (κ1) is 29.4. The van der Waals surface area contributed by atoms with Gasteiger partial charge < -0.3 is 29.8 Å². The minimum atomic E-state index is -0.790. The molecular formula is C31H32N4O5S. The number of carbonyl (C=O) groups excluding carboxylic acids is 2. The lowest BCUT2D eigenvalue weighted by molar-refractivity contribution is -0.114. The minimum absolute atomic E-state index is 0.0612. The molecule has 1 aliphatic rings. The van der Waals surface area contributed by atoms with E-state index in [-0.39, 0.29) is 17.2 Å². The van der Waals surface area contributed by atoms with Gasteiger partial charge in [-0.25, -0.2) is 0 Å². The Morgan fingerprint density at radius 2 is 1.90 bits per heavy atom. The van der Waals surface area contributed by atoms with Crippen molar-refractivity contribution in [1.82, 2.24) is 5.32 Å². The number of benzene rings is 2. The third kappa shape index (κ3) is 6.42. The number of nitriles is 1. The predicted molar refractivity (Wildman–Crippen MR) is 160 cm³/mol. The van der Waals surface area contributed by atoms with E-state index in [0.29, 0.717) is 39.2 Å². The van der Waals surface area contributed by atoms with Gasteiger partial charge in [-0.2, -0.15) is 5.26 Å². The summed E-state index contributed by atoms with van der Waals surface area (Å²) in [4.78, 5) is 26.7. The van der Waals surface area contributed by atoms with Gasteiger partial charge >= 0.3 is 0 Å². The molecule has 1 aromatic heterocycles. The van der Waals surface area contributed by atoms with Crippen LogP contribution in [0.4, 0.5) is 11.4 Å². The standard InChI is InChI=1S/C31H32N4O5S/c1-6-20-10-7-9-18(2)29(20)35-26(36)17-41-31-22(16-32)28(25-11-8-14-40-25)27(19(3)33-31)30(37)34-23-15-21(38-4)12-13-24(23)39-5/h7-15,28,33H,6,17H2,1-5H3,(H,34,37)(H,35,36)/t28-/m0/s1. The summed E-state index contributed by atoms with van der Waals surface area (Å²) in [5.74, 6) is 0.0590. The normalized spacial score (nSPS) is 14.7. The van der Waals surface area contributed by atoms with Crippen molar-refractivity contribution in [3.05, 3.63) is 93.6 Å². The van der Waals surface area contributed by atoms with Crippen LogP contribution in [-0.4, -0.2) is 31.8 Å². The molecule has 1 atom stereocenters. The van der Waals surface area contributed by atoms with Crippen molar-refractivity contribution in [3.63, 3.8) is 0 Å². The summed E-state index contributed by atoms with van der Waals surface area (Å²) in [7, 11) is 3.04. The number of nitrogens with one attached hydrogen (secondary N) is 3. The summed E-state index contributed by atoms with van der Waals surface area (Å²) < 4.78 is 16.4. The molecule has 3 aromatic rings. The second kappa shape index (κ2) is 13.2. The maximum atomic E-state index is 13.7. The summed E-state index contributed by atoms with van der Waals surface area (Å²) in [5, 5.41) is 19.9. The van der Waals surface area contributed by atoms with E-state index in [4.69, 9.17) is 13.9 Å². The highest BCUT2D eigenvalue weighted by molar-refractivity contribution is 8.03. The molecule has 0 radical (unpaired) electrons. The molecule has 2 amide bonds. The van der Waals surface area contributed by atoms with Crippen molar-refractivity contribution in [2.75, 3.05) is 30.6 Å². The third-order valence-corrected chi connectivity index (χ3v) is 7.74. The van der Waals surface area contributed by atoms with Crippen molar-refractivity contribution in [3.8, 4) is 17.6 Å².